The molecule has 0 saturated carbocycles. The first-order valence-corrected chi connectivity index (χ1v) is 23.4. The van der Waals surface area contributed by atoms with Gasteiger partial charge in [0.15, 0.2) is 0 Å². The van der Waals surface area contributed by atoms with E-state index in [-0.39, 0.29) is 63.0 Å². The molecule has 12 atom stereocenters. The molecule has 2 heterocycles. The summed E-state index contributed by atoms with van der Waals surface area (Å²) in [6.45, 7) is 4.80. The molecule has 64 heavy (non-hydrogen) atoms. The van der Waals surface area contributed by atoms with Crippen LogP contribution in [0, 0.1) is 23.7 Å². The predicted molar refractivity (Wildman–Crippen MR) is 247 cm³/mol. The maximum atomic E-state index is 13.0. The zero-order chi connectivity index (χ0) is 46.8. The van der Waals surface area contributed by atoms with Crippen LogP contribution in [-0.2, 0) is 11.2 Å². The van der Waals surface area contributed by atoms with Gasteiger partial charge in [-0.3, -0.25) is 4.79 Å². The number of aryl methyl sites for hydroxylation is 1. The van der Waals surface area contributed by atoms with Crippen molar-refractivity contribution in [3.8, 4) is 17.6 Å². The fourth-order valence-corrected chi connectivity index (χ4v) is 9.69. The van der Waals surface area contributed by atoms with Crippen LogP contribution in [0.1, 0.15) is 127 Å². The molecule has 0 amide bonds. The number of fused-ring (bicyclic) bond motifs is 1. The molecule has 2 aromatic rings. The minimum atomic E-state index is -1.57. The standard InChI is InChI=1S/C51H76N2O11/c1-4-5-14-45(59)46(60)26-22-36-19-18-35-11-7-6-10-34(35)12-8-15-48(51(3,64)43(13-9-28-54)37-20-23-39(57)24-21-37)53-44(41(36)29-40(58)32-56)25-27-47(61)50-42(30-49(62)63)38(31-55)17-16-33(2)52-50/h6-7,10-11,20-24,26,33,38,40,42-48,50,52-61,64H,4-5,9,13-19,25,27-32H2,1-3H3,(H,62,63)/b26-22+,41-36+/t33-,38-,40+,42+,43-,44+,45+,46-,47+,48-,50-,51+/m1/s1. The van der Waals surface area contributed by atoms with Crippen LogP contribution in [-0.4, -0.2) is 131 Å². The summed E-state index contributed by atoms with van der Waals surface area (Å²) in [6.07, 6.45) is 3.92. The quantitative estimate of drug-likeness (QED) is 0.0743. The average molecular weight is 893 g/mol. The Labute approximate surface area is 380 Å². The third kappa shape index (κ3) is 15.5. The first kappa shape index (κ1) is 53.0. The Kier molecular flexibility index (Phi) is 21.9. The number of aliphatic hydroxyl groups is 8. The van der Waals surface area contributed by atoms with E-state index in [4.69, 9.17) is 0 Å². The molecular formula is C51H76N2O11. The van der Waals surface area contributed by atoms with E-state index in [0.717, 1.165) is 29.5 Å². The smallest absolute Gasteiger partial charge is 0.303 e. The molecule has 356 valence electrons. The van der Waals surface area contributed by atoms with Gasteiger partial charge in [0.05, 0.1) is 43.0 Å². The Morgan fingerprint density at radius 2 is 1.69 bits per heavy atom. The predicted octanol–water partition coefficient (Wildman–Crippen LogP) is 4.20. The highest BCUT2D eigenvalue weighted by Gasteiger charge is 2.43. The molecule has 1 fully saturated rings. The van der Waals surface area contributed by atoms with Crippen LogP contribution in [0.25, 0.3) is 0 Å². The van der Waals surface area contributed by atoms with Gasteiger partial charge in [-0.2, -0.15) is 0 Å². The Morgan fingerprint density at radius 1 is 0.953 bits per heavy atom. The zero-order valence-corrected chi connectivity index (χ0v) is 38.0. The Hall–Kier alpha value is -3.65. The maximum absolute atomic E-state index is 13.0. The van der Waals surface area contributed by atoms with Crippen molar-refractivity contribution in [1.82, 2.24) is 10.6 Å². The molecule has 12 N–H and O–H groups in total. The third-order valence-corrected chi connectivity index (χ3v) is 13.5. The van der Waals surface area contributed by atoms with Crippen LogP contribution in [0.2, 0.25) is 0 Å². The van der Waals surface area contributed by atoms with Crippen LogP contribution >= 0.6 is 0 Å². The van der Waals surface area contributed by atoms with Gasteiger partial charge in [-0.1, -0.05) is 74.1 Å². The Balaban J connectivity index is 1.95. The number of rotatable bonds is 22. The molecule has 0 radical (unpaired) electrons. The fourth-order valence-electron chi connectivity index (χ4n) is 9.69. The maximum Gasteiger partial charge on any atom is 0.303 e. The van der Waals surface area contributed by atoms with Gasteiger partial charge >= 0.3 is 5.97 Å². The molecular weight excluding hydrogens is 817 g/mol. The number of unbranched alkanes of at least 4 members (excludes halogenated alkanes) is 1. The van der Waals surface area contributed by atoms with Gasteiger partial charge in [0.2, 0.25) is 0 Å². The zero-order valence-electron chi connectivity index (χ0n) is 38.0. The molecule has 0 spiro atoms. The number of carboxylic acids is 1. The van der Waals surface area contributed by atoms with Gasteiger partial charge in [-0.15, -0.1) is 0 Å². The van der Waals surface area contributed by atoms with Crippen molar-refractivity contribution in [1.29, 1.82) is 0 Å². The number of phenols is 1. The summed E-state index contributed by atoms with van der Waals surface area (Å²) in [4.78, 5) is 12.2. The van der Waals surface area contributed by atoms with E-state index in [9.17, 15) is 55.9 Å². The van der Waals surface area contributed by atoms with E-state index >= 15 is 0 Å². The van der Waals surface area contributed by atoms with Gasteiger partial charge in [0.25, 0.3) is 0 Å². The number of aliphatic hydroxyl groups excluding tert-OH is 7. The fraction of sp³-hybridized carbons (Fsp3) is 0.627. The lowest BCUT2D eigenvalue weighted by molar-refractivity contribution is -0.139. The molecule has 13 nitrogen and oxygen atoms in total. The SMILES string of the molecule is CCCC[C@H](O)[C@H](O)/C=C/C1=C(\C[C@H](O)CO)[C@H](CC[C@H](O)[C@@H]2N[C@H](C)CC[C@H](CO)[C@@H]2CC(=O)O)N[C@@H]([C@@](C)(O)[C@H](CCCO)c2ccc(O)cc2)CC#Cc2ccccc2CC1. The number of phenolic OH excluding ortho intramolecular Hbond substituents is 1. The summed E-state index contributed by atoms with van der Waals surface area (Å²) >= 11 is 0. The van der Waals surface area contributed by atoms with Crippen LogP contribution in [0.4, 0.5) is 0 Å². The van der Waals surface area contributed by atoms with Crippen LogP contribution in [0.15, 0.2) is 71.8 Å². The van der Waals surface area contributed by atoms with Crippen molar-refractivity contribution < 1.29 is 55.9 Å². The van der Waals surface area contributed by atoms with Crippen molar-refractivity contribution in [2.75, 3.05) is 19.8 Å². The number of carboxylic acid groups (broad SMARTS) is 1. The lowest BCUT2D eigenvalue weighted by Crippen LogP contribution is -2.56. The highest BCUT2D eigenvalue weighted by Crippen LogP contribution is 2.39. The van der Waals surface area contributed by atoms with E-state index < -0.39 is 72.6 Å². The number of hydrogen-bond acceptors (Lipinski definition) is 12. The molecule has 2 aromatic carbocycles. The number of allylic oxidation sites excluding steroid dienone is 2. The van der Waals surface area contributed by atoms with Gasteiger partial charge in [-0.05, 0) is 130 Å². The molecule has 0 unspecified atom stereocenters. The van der Waals surface area contributed by atoms with E-state index in [1.807, 2.05) is 38.1 Å². The summed E-state index contributed by atoms with van der Waals surface area (Å²) in [5.41, 5.74) is 2.28. The van der Waals surface area contributed by atoms with Gasteiger partial charge in [0.1, 0.15) is 5.75 Å². The van der Waals surface area contributed by atoms with Gasteiger partial charge < -0.3 is 61.7 Å². The molecule has 0 aromatic heterocycles. The molecule has 1 saturated heterocycles. The van der Waals surface area contributed by atoms with E-state index in [1.54, 1.807) is 43.3 Å². The van der Waals surface area contributed by atoms with Crippen molar-refractivity contribution in [2.45, 2.75) is 171 Å². The number of aromatic hydroxyl groups is 1. The van der Waals surface area contributed by atoms with Crippen LogP contribution in [0.5, 0.6) is 5.75 Å². The molecule has 2 aliphatic heterocycles. The lowest BCUT2D eigenvalue weighted by atomic mass is 9.74. The van der Waals surface area contributed by atoms with Crippen molar-refractivity contribution >= 4 is 5.97 Å². The first-order valence-electron chi connectivity index (χ1n) is 23.4. The Bertz CT molecular complexity index is 1840. The lowest BCUT2D eigenvalue weighted by Gasteiger charge is -2.43. The number of hydrogen-bond donors (Lipinski definition) is 12. The van der Waals surface area contributed by atoms with Crippen molar-refractivity contribution in [2.24, 2.45) is 11.8 Å². The van der Waals surface area contributed by atoms with E-state index in [2.05, 4.69) is 22.5 Å². The number of carbonyl (C=O) groups is 1. The summed E-state index contributed by atoms with van der Waals surface area (Å²) in [7, 11) is 0. The minimum Gasteiger partial charge on any atom is -0.508 e. The molecule has 0 bridgehead atoms. The molecule has 0 aliphatic carbocycles. The third-order valence-electron chi connectivity index (χ3n) is 13.5. The second-order valence-corrected chi connectivity index (χ2v) is 18.3. The van der Waals surface area contributed by atoms with Crippen LogP contribution in [0.3, 0.4) is 0 Å². The van der Waals surface area contributed by atoms with Gasteiger partial charge in [-0.25, -0.2) is 0 Å². The Morgan fingerprint density at radius 3 is 2.36 bits per heavy atom. The average Bonchev–Trinajstić information content (AvgIpc) is 3.43. The minimum absolute atomic E-state index is 0.0283. The first-order chi connectivity index (χ1) is 30.6. The van der Waals surface area contributed by atoms with Crippen molar-refractivity contribution in [3.05, 3.63) is 88.5 Å². The molecule has 13 heteroatoms. The summed E-state index contributed by atoms with van der Waals surface area (Å²) in [5, 5.41) is 117. The highest BCUT2D eigenvalue weighted by molar-refractivity contribution is 5.67. The summed E-state index contributed by atoms with van der Waals surface area (Å²) < 4.78 is 0. The number of benzene rings is 2. The largest absolute Gasteiger partial charge is 0.508 e. The number of nitrogens with one attached hydrogen (secondary N) is 2. The summed E-state index contributed by atoms with van der Waals surface area (Å²) in [5.74, 6) is 4.22. The van der Waals surface area contributed by atoms with E-state index in [1.165, 1.54) is 0 Å². The molecule has 4 rings (SSSR count). The summed E-state index contributed by atoms with van der Waals surface area (Å²) in [6, 6.07) is 12.1. The molecule has 2 aliphatic rings. The van der Waals surface area contributed by atoms with E-state index in [0.29, 0.717) is 56.1 Å². The second-order valence-electron chi connectivity index (χ2n) is 18.3. The monoisotopic (exact) mass is 893 g/mol. The number of aliphatic carboxylic acids is 1. The highest BCUT2D eigenvalue weighted by atomic mass is 16.4. The second kappa shape index (κ2) is 26.5. The normalized spacial score (nSPS) is 26.7. The van der Waals surface area contributed by atoms with Gasteiger partial charge in [0, 0.05) is 55.3 Å². The van der Waals surface area contributed by atoms with Crippen LogP contribution < -0.4 is 10.6 Å². The topological polar surface area (TPSA) is 243 Å². The van der Waals surface area contributed by atoms with Crippen molar-refractivity contribution in [3.63, 3.8) is 0 Å².